The quantitative estimate of drug-likeness (QED) is 0.366. The minimum atomic E-state index is -0.446. The first-order valence-electron chi connectivity index (χ1n) is 5.16. The Kier molecular flexibility index (Phi) is 3.64. The Morgan fingerprint density at radius 2 is 1.94 bits per heavy atom. The van der Waals surface area contributed by atoms with Gasteiger partial charge in [-0.05, 0) is 35.2 Å². The summed E-state index contributed by atoms with van der Waals surface area (Å²) in [6.45, 7) is 0. The van der Waals surface area contributed by atoms with Gasteiger partial charge >= 0.3 is 0 Å². The van der Waals surface area contributed by atoms with Gasteiger partial charge in [-0.1, -0.05) is 6.07 Å². The molecule has 4 nitrogen and oxygen atoms in total. The lowest BCUT2D eigenvalue weighted by molar-refractivity contribution is -0.384. The fourth-order valence-corrected chi connectivity index (χ4v) is 2.36. The van der Waals surface area contributed by atoms with Gasteiger partial charge in [0, 0.05) is 22.6 Å². The van der Waals surface area contributed by atoms with E-state index in [1.54, 1.807) is 12.1 Å². The zero-order chi connectivity index (χ0) is 13.0. The standard InChI is InChI=1S/C13H9NO3S/c15-8-7-12(13-2-1-9-18-13)10-3-5-11(6-4-10)14(16)17/h1-9H. The number of thiophene rings is 1. The molecule has 18 heavy (non-hydrogen) atoms. The van der Waals surface area contributed by atoms with Crippen LogP contribution in [0.25, 0.3) is 5.57 Å². The zero-order valence-corrected chi connectivity index (χ0v) is 10.1. The van der Waals surface area contributed by atoms with Crippen molar-refractivity contribution in [1.29, 1.82) is 0 Å². The maximum Gasteiger partial charge on any atom is 0.269 e. The van der Waals surface area contributed by atoms with Crippen LogP contribution in [0.5, 0.6) is 0 Å². The summed E-state index contributed by atoms with van der Waals surface area (Å²) in [6.07, 6.45) is 2.18. The number of carbonyl (C=O) groups excluding carboxylic acids is 1. The Balaban J connectivity index is 2.41. The van der Waals surface area contributed by atoms with Crippen molar-refractivity contribution in [1.82, 2.24) is 0 Å². The Hall–Kier alpha value is -2.27. The van der Waals surface area contributed by atoms with Crippen LogP contribution in [0.3, 0.4) is 0 Å². The summed E-state index contributed by atoms with van der Waals surface area (Å²) in [5.74, 6) is 0. The summed E-state index contributed by atoms with van der Waals surface area (Å²) in [4.78, 5) is 21.8. The van der Waals surface area contributed by atoms with Crippen LogP contribution in [0.4, 0.5) is 5.69 Å². The fourth-order valence-electron chi connectivity index (χ4n) is 1.58. The van der Waals surface area contributed by atoms with E-state index in [0.29, 0.717) is 0 Å². The highest BCUT2D eigenvalue weighted by Gasteiger charge is 2.09. The van der Waals surface area contributed by atoms with Crippen LogP contribution < -0.4 is 0 Å². The van der Waals surface area contributed by atoms with Crippen molar-refractivity contribution >= 4 is 28.9 Å². The van der Waals surface area contributed by atoms with Crippen LogP contribution in [0.2, 0.25) is 0 Å². The third-order valence-corrected chi connectivity index (χ3v) is 3.31. The number of hydrogen-bond donors (Lipinski definition) is 0. The van der Waals surface area contributed by atoms with Crippen molar-refractivity contribution in [2.45, 2.75) is 0 Å². The highest BCUT2D eigenvalue weighted by molar-refractivity contribution is 7.11. The number of nitrogens with zero attached hydrogens (tertiary/aromatic N) is 1. The number of nitro benzene ring substituents is 1. The molecule has 0 aliphatic rings. The van der Waals surface area contributed by atoms with Gasteiger partial charge in [-0.25, -0.2) is 0 Å². The number of hydrogen-bond acceptors (Lipinski definition) is 4. The number of aldehydes is 1. The van der Waals surface area contributed by atoms with E-state index in [4.69, 9.17) is 0 Å². The summed E-state index contributed by atoms with van der Waals surface area (Å²) < 4.78 is 0. The Morgan fingerprint density at radius 3 is 2.44 bits per heavy atom. The van der Waals surface area contributed by atoms with Gasteiger partial charge in [-0.3, -0.25) is 14.9 Å². The number of rotatable bonds is 4. The van der Waals surface area contributed by atoms with Crippen molar-refractivity contribution in [3.63, 3.8) is 0 Å². The molecule has 0 saturated carbocycles. The summed E-state index contributed by atoms with van der Waals surface area (Å²) in [7, 11) is 0. The topological polar surface area (TPSA) is 60.2 Å². The number of non-ortho nitro benzene ring substituents is 1. The second-order valence-corrected chi connectivity index (χ2v) is 4.45. The molecular formula is C13H9NO3S. The van der Waals surface area contributed by atoms with Gasteiger partial charge in [0.05, 0.1) is 4.92 Å². The Labute approximate surface area is 107 Å². The fraction of sp³-hybridized carbons (Fsp3) is 0. The van der Waals surface area contributed by atoms with Crippen LogP contribution in [-0.4, -0.2) is 11.2 Å². The first kappa shape index (κ1) is 12.2. The van der Waals surface area contributed by atoms with Crippen LogP contribution in [0.1, 0.15) is 10.4 Å². The second kappa shape index (κ2) is 5.37. The van der Waals surface area contributed by atoms with Crippen molar-refractivity contribution in [2.24, 2.45) is 0 Å². The molecule has 0 atom stereocenters. The predicted molar refractivity (Wildman–Crippen MR) is 70.6 cm³/mol. The molecule has 2 aromatic rings. The van der Waals surface area contributed by atoms with E-state index < -0.39 is 4.92 Å². The molecular weight excluding hydrogens is 250 g/mol. The lowest BCUT2D eigenvalue weighted by atomic mass is 10.0. The molecule has 1 aromatic heterocycles. The van der Waals surface area contributed by atoms with Gasteiger partial charge in [-0.2, -0.15) is 0 Å². The highest BCUT2D eigenvalue weighted by atomic mass is 32.1. The molecule has 1 heterocycles. The van der Waals surface area contributed by atoms with E-state index >= 15 is 0 Å². The molecule has 0 saturated heterocycles. The van der Waals surface area contributed by atoms with Gasteiger partial charge in [0.15, 0.2) is 0 Å². The Morgan fingerprint density at radius 1 is 1.22 bits per heavy atom. The van der Waals surface area contributed by atoms with Gasteiger partial charge in [0.1, 0.15) is 6.29 Å². The Bertz CT molecular complexity index is 585. The third-order valence-electron chi connectivity index (χ3n) is 2.41. The molecule has 0 N–H and O–H groups in total. The number of carbonyl (C=O) groups is 1. The summed E-state index contributed by atoms with van der Waals surface area (Å²) in [6, 6.07) is 9.95. The average molecular weight is 259 g/mol. The molecule has 5 heteroatoms. The van der Waals surface area contributed by atoms with E-state index in [1.807, 2.05) is 17.5 Å². The molecule has 90 valence electrons. The SMILES string of the molecule is O=CC=C(c1ccc([N+](=O)[O-])cc1)c1cccs1. The van der Waals surface area contributed by atoms with Crippen molar-refractivity contribution in [3.05, 3.63) is 68.4 Å². The maximum absolute atomic E-state index is 10.7. The molecule has 0 unspecified atom stereocenters. The normalized spacial score (nSPS) is 11.2. The lowest BCUT2D eigenvalue weighted by Crippen LogP contribution is -1.90. The largest absolute Gasteiger partial charge is 0.299 e. The van der Waals surface area contributed by atoms with Crippen LogP contribution in [0, 0.1) is 10.1 Å². The highest BCUT2D eigenvalue weighted by Crippen LogP contribution is 2.27. The lowest BCUT2D eigenvalue weighted by Gasteiger charge is -2.03. The van der Waals surface area contributed by atoms with E-state index in [-0.39, 0.29) is 5.69 Å². The molecule has 0 radical (unpaired) electrons. The molecule has 2 rings (SSSR count). The van der Waals surface area contributed by atoms with E-state index in [1.165, 1.54) is 29.5 Å². The van der Waals surface area contributed by atoms with E-state index in [9.17, 15) is 14.9 Å². The van der Waals surface area contributed by atoms with Crippen molar-refractivity contribution < 1.29 is 9.72 Å². The third kappa shape index (κ3) is 2.52. The first-order chi connectivity index (χ1) is 8.72. The van der Waals surface area contributed by atoms with E-state index in [0.717, 1.165) is 22.3 Å². The number of benzene rings is 1. The molecule has 0 fully saturated rings. The van der Waals surface area contributed by atoms with Crippen LogP contribution >= 0.6 is 11.3 Å². The number of allylic oxidation sites excluding steroid dienone is 1. The maximum atomic E-state index is 10.7. The molecule has 0 aliphatic heterocycles. The monoisotopic (exact) mass is 259 g/mol. The van der Waals surface area contributed by atoms with Gasteiger partial charge in [0.2, 0.25) is 0 Å². The summed E-state index contributed by atoms with van der Waals surface area (Å²) >= 11 is 1.52. The minimum Gasteiger partial charge on any atom is -0.299 e. The van der Waals surface area contributed by atoms with E-state index in [2.05, 4.69) is 0 Å². The van der Waals surface area contributed by atoms with Crippen LogP contribution in [0.15, 0.2) is 47.9 Å². The minimum absolute atomic E-state index is 0.0374. The first-order valence-corrected chi connectivity index (χ1v) is 6.04. The summed E-state index contributed by atoms with van der Waals surface area (Å²) in [5, 5.41) is 12.5. The number of nitro groups is 1. The molecule has 1 aromatic carbocycles. The zero-order valence-electron chi connectivity index (χ0n) is 9.28. The average Bonchev–Trinajstić information content (AvgIpc) is 2.90. The predicted octanol–water partition coefficient (Wildman–Crippen LogP) is 3.29. The summed E-state index contributed by atoms with van der Waals surface area (Å²) in [5.41, 5.74) is 1.60. The molecule has 0 amide bonds. The van der Waals surface area contributed by atoms with Crippen molar-refractivity contribution in [2.75, 3.05) is 0 Å². The molecule has 0 spiro atoms. The van der Waals surface area contributed by atoms with Crippen molar-refractivity contribution in [3.8, 4) is 0 Å². The van der Waals surface area contributed by atoms with Gasteiger partial charge in [0.25, 0.3) is 5.69 Å². The van der Waals surface area contributed by atoms with Gasteiger partial charge < -0.3 is 0 Å². The second-order valence-electron chi connectivity index (χ2n) is 3.50. The smallest absolute Gasteiger partial charge is 0.269 e. The molecule has 0 aliphatic carbocycles. The molecule has 0 bridgehead atoms. The van der Waals surface area contributed by atoms with Gasteiger partial charge in [-0.15, -0.1) is 11.3 Å². The van der Waals surface area contributed by atoms with Crippen LogP contribution in [-0.2, 0) is 4.79 Å².